The van der Waals surface area contributed by atoms with E-state index in [1.807, 2.05) is 71.3 Å². The third kappa shape index (κ3) is 5.22. The molecule has 1 aliphatic rings. The molecule has 0 radical (unpaired) electrons. The van der Waals surface area contributed by atoms with E-state index < -0.39 is 6.10 Å². The Bertz CT molecular complexity index is 1320. The zero-order valence-corrected chi connectivity index (χ0v) is 19.8. The molecule has 3 aromatic carbocycles. The van der Waals surface area contributed by atoms with E-state index in [2.05, 4.69) is 34.2 Å². The van der Waals surface area contributed by atoms with Crippen LogP contribution in [0.2, 0.25) is 0 Å². The second kappa shape index (κ2) is 10.5. The van der Waals surface area contributed by atoms with Gasteiger partial charge in [-0.3, -0.25) is 9.36 Å². The van der Waals surface area contributed by atoms with Gasteiger partial charge in [0, 0.05) is 12.2 Å². The zero-order valence-electron chi connectivity index (χ0n) is 19.0. The molecular weight excluding hydrogens is 460 g/mol. The summed E-state index contributed by atoms with van der Waals surface area (Å²) in [4.78, 5) is 12.6. The van der Waals surface area contributed by atoms with Crippen LogP contribution in [0.15, 0.2) is 96.7 Å². The fourth-order valence-electron chi connectivity index (χ4n) is 3.80. The number of nitrogens with zero attached hydrogens (tertiary/aromatic N) is 3. The van der Waals surface area contributed by atoms with E-state index >= 15 is 0 Å². The normalized spacial score (nSPS) is 14.3. The lowest BCUT2D eigenvalue weighted by Crippen LogP contribution is -2.25. The highest BCUT2D eigenvalue weighted by molar-refractivity contribution is 7.99. The van der Waals surface area contributed by atoms with Gasteiger partial charge in [0.25, 0.3) is 0 Å². The van der Waals surface area contributed by atoms with E-state index in [1.165, 1.54) is 11.8 Å². The average Bonchev–Trinajstić information content (AvgIpc) is 3.31. The molecule has 1 aromatic heterocycles. The molecule has 176 valence electrons. The van der Waals surface area contributed by atoms with Crippen LogP contribution in [0.4, 0.5) is 5.69 Å². The molecule has 0 aliphatic carbocycles. The number of para-hydroxylation sites is 2. The van der Waals surface area contributed by atoms with Crippen LogP contribution in [0.1, 0.15) is 11.9 Å². The van der Waals surface area contributed by atoms with Crippen LogP contribution in [-0.4, -0.2) is 33.0 Å². The van der Waals surface area contributed by atoms with Crippen molar-refractivity contribution in [1.29, 1.82) is 0 Å². The molecule has 0 saturated carbocycles. The number of anilines is 1. The summed E-state index contributed by atoms with van der Waals surface area (Å²) in [6.07, 6.45) is 1.37. The molecule has 0 unspecified atom stereocenters. The standard InChI is InChI=1S/C27H24N4O3S/c1-2-16-31-26(24-17-33-22-10-6-7-11-23(22)34-24)29-30-27(31)35-18-25(32)28-21-14-12-20(13-15-21)19-8-4-3-5-9-19/h2-15,24H,1,16-18H2,(H,28,32)/t24-/m0/s1. The van der Waals surface area contributed by atoms with Gasteiger partial charge in [0.1, 0.15) is 6.61 Å². The molecule has 5 rings (SSSR count). The maximum atomic E-state index is 12.6. The Morgan fingerprint density at radius 2 is 1.71 bits per heavy atom. The predicted molar refractivity (Wildman–Crippen MR) is 137 cm³/mol. The number of rotatable bonds is 8. The van der Waals surface area contributed by atoms with Gasteiger partial charge in [-0.25, -0.2) is 0 Å². The van der Waals surface area contributed by atoms with Crippen LogP contribution < -0.4 is 14.8 Å². The number of aromatic nitrogens is 3. The fraction of sp³-hybridized carbons (Fsp3) is 0.148. The SMILES string of the molecule is C=CCn1c(SCC(=O)Nc2ccc(-c3ccccc3)cc2)nnc1[C@@H]1COc2ccccc2O1. The van der Waals surface area contributed by atoms with Gasteiger partial charge in [0.05, 0.1) is 5.75 Å². The van der Waals surface area contributed by atoms with Gasteiger partial charge in [0.15, 0.2) is 28.6 Å². The number of carbonyl (C=O) groups excluding carboxylic acids is 1. The van der Waals surface area contributed by atoms with Crippen LogP contribution in [0.25, 0.3) is 11.1 Å². The lowest BCUT2D eigenvalue weighted by atomic mass is 10.1. The summed E-state index contributed by atoms with van der Waals surface area (Å²) >= 11 is 1.32. The molecule has 0 spiro atoms. The van der Waals surface area contributed by atoms with E-state index in [0.717, 1.165) is 16.8 Å². The van der Waals surface area contributed by atoms with E-state index in [0.29, 0.717) is 35.6 Å². The first-order chi connectivity index (χ1) is 17.2. The van der Waals surface area contributed by atoms with Gasteiger partial charge in [-0.05, 0) is 35.4 Å². The van der Waals surface area contributed by atoms with Gasteiger partial charge >= 0.3 is 0 Å². The summed E-state index contributed by atoms with van der Waals surface area (Å²) in [7, 11) is 0. The number of allylic oxidation sites excluding steroid dienone is 1. The lowest BCUT2D eigenvalue weighted by molar-refractivity contribution is -0.113. The maximum Gasteiger partial charge on any atom is 0.234 e. The number of hydrogen-bond acceptors (Lipinski definition) is 6. The molecular formula is C27H24N4O3S. The second-order valence-electron chi connectivity index (χ2n) is 7.88. The molecule has 8 heteroatoms. The van der Waals surface area contributed by atoms with Crippen molar-refractivity contribution in [2.45, 2.75) is 17.8 Å². The summed E-state index contributed by atoms with van der Waals surface area (Å²) < 4.78 is 13.8. The summed E-state index contributed by atoms with van der Waals surface area (Å²) in [5.41, 5.74) is 2.98. The molecule has 1 aliphatic heterocycles. The molecule has 4 aromatic rings. The van der Waals surface area contributed by atoms with Crippen LogP contribution in [0.3, 0.4) is 0 Å². The Hall–Kier alpha value is -4.04. The number of amides is 1. The van der Waals surface area contributed by atoms with Gasteiger partial charge in [-0.15, -0.1) is 16.8 Å². The van der Waals surface area contributed by atoms with Gasteiger partial charge < -0.3 is 14.8 Å². The summed E-state index contributed by atoms with van der Waals surface area (Å²) in [6.45, 7) is 4.67. The topological polar surface area (TPSA) is 78.3 Å². The Labute approximate surface area is 207 Å². The highest BCUT2D eigenvalue weighted by Crippen LogP contribution is 2.36. The Morgan fingerprint density at radius 3 is 2.49 bits per heavy atom. The van der Waals surface area contributed by atoms with Gasteiger partial charge in [-0.2, -0.15) is 0 Å². The van der Waals surface area contributed by atoms with Crippen LogP contribution in [-0.2, 0) is 11.3 Å². The van der Waals surface area contributed by atoms with Crippen molar-refractivity contribution in [3.63, 3.8) is 0 Å². The largest absolute Gasteiger partial charge is 0.485 e. The number of benzene rings is 3. The third-order valence-corrected chi connectivity index (χ3v) is 6.43. The number of carbonyl (C=O) groups is 1. The Kier molecular flexibility index (Phi) is 6.81. The minimum atomic E-state index is -0.399. The van der Waals surface area contributed by atoms with Crippen molar-refractivity contribution in [2.75, 3.05) is 17.7 Å². The first kappa shape index (κ1) is 22.7. The molecule has 1 atom stereocenters. The minimum Gasteiger partial charge on any atom is -0.485 e. The van der Waals surface area contributed by atoms with Crippen LogP contribution in [0.5, 0.6) is 11.5 Å². The quantitative estimate of drug-likeness (QED) is 0.267. The number of ether oxygens (including phenoxy) is 2. The highest BCUT2D eigenvalue weighted by atomic mass is 32.2. The predicted octanol–water partition coefficient (Wildman–Crippen LogP) is 5.37. The molecule has 7 nitrogen and oxygen atoms in total. The molecule has 0 saturated heterocycles. The Morgan fingerprint density at radius 1 is 1.00 bits per heavy atom. The second-order valence-corrected chi connectivity index (χ2v) is 8.83. The first-order valence-electron chi connectivity index (χ1n) is 11.2. The number of thioether (sulfide) groups is 1. The van der Waals surface area contributed by atoms with Crippen molar-refractivity contribution < 1.29 is 14.3 Å². The van der Waals surface area contributed by atoms with E-state index in [4.69, 9.17) is 9.47 Å². The van der Waals surface area contributed by atoms with Crippen molar-refractivity contribution in [3.8, 4) is 22.6 Å². The summed E-state index contributed by atoms with van der Waals surface area (Å²) in [5.74, 6) is 2.09. The molecule has 2 heterocycles. The highest BCUT2D eigenvalue weighted by Gasteiger charge is 2.28. The summed E-state index contributed by atoms with van der Waals surface area (Å²) in [5, 5.41) is 12.2. The van der Waals surface area contributed by atoms with Crippen LogP contribution in [0, 0.1) is 0 Å². The number of nitrogens with one attached hydrogen (secondary N) is 1. The van der Waals surface area contributed by atoms with E-state index in [9.17, 15) is 4.79 Å². The number of fused-ring (bicyclic) bond motifs is 1. The third-order valence-electron chi connectivity index (χ3n) is 5.46. The van der Waals surface area contributed by atoms with Crippen LogP contribution >= 0.6 is 11.8 Å². The Balaban J connectivity index is 1.22. The lowest BCUT2D eigenvalue weighted by Gasteiger charge is -2.26. The molecule has 0 bridgehead atoms. The average molecular weight is 485 g/mol. The smallest absolute Gasteiger partial charge is 0.234 e. The van der Waals surface area contributed by atoms with Crippen molar-refractivity contribution >= 4 is 23.4 Å². The molecule has 1 amide bonds. The number of hydrogen-bond donors (Lipinski definition) is 1. The zero-order chi connectivity index (χ0) is 24.0. The van der Waals surface area contributed by atoms with Crippen molar-refractivity contribution in [2.24, 2.45) is 0 Å². The van der Waals surface area contributed by atoms with E-state index in [1.54, 1.807) is 6.08 Å². The maximum absolute atomic E-state index is 12.6. The monoisotopic (exact) mass is 484 g/mol. The van der Waals surface area contributed by atoms with Gasteiger partial charge in [-0.1, -0.05) is 72.4 Å². The van der Waals surface area contributed by atoms with E-state index in [-0.39, 0.29) is 11.7 Å². The summed E-state index contributed by atoms with van der Waals surface area (Å²) in [6, 6.07) is 25.4. The minimum absolute atomic E-state index is 0.122. The first-order valence-corrected chi connectivity index (χ1v) is 12.2. The van der Waals surface area contributed by atoms with Crippen molar-refractivity contribution in [1.82, 2.24) is 14.8 Å². The fourth-order valence-corrected chi connectivity index (χ4v) is 4.55. The molecule has 0 fully saturated rings. The van der Waals surface area contributed by atoms with Crippen molar-refractivity contribution in [3.05, 3.63) is 97.3 Å². The molecule has 35 heavy (non-hydrogen) atoms. The molecule has 1 N–H and O–H groups in total. The van der Waals surface area contributed by atoms with Gasteiger partial charge in [0.2, 0.25) is 5.91 Å².